The highest BCUT2D eigenvalue weighted by atomic mass is 32.1. The van der Waals surface area contributed by atoms with Gasteiger partial charge in [0.05, 0.1) is 0 Å². The molecule has 0 radical (unpaired) electrons. The molecule has 0 unspecified atom stereocenters. The Kier molecular flexibility index (Phi) is 2.77. The van der Waals surface area contributed by atoms with Gasteiger partial charge in [-0.05, 0) is 13.8 Å². The number of rotatable bonds is 1. The number of aromatic nitrogens is 2. The first-order valence-electron chi connectivity index (χ1n) is 5.07. The lowest BCUT2D eigenvalue weighted by Gasteiger charge is -2.39. The second kappa shape index (κ2) is 4.02. The molecule has 1 aliphatic rings. The summed E-state index contributed by atoms with van der Waals surface area (Å²) in [5.41, 5.74) is 4.28. The van der Waals surface area contributed by atoms with Crippen molar-refractivity contribution in [2.45, 2.75) is 19.4 Å². The van der Waals surface area contributed by atoms with Crippen molar-refractivity contribution in [1.29, 1.82) is 0 Å². The van der Waals surface area contributed by atoms with Gasteiger partial charge < -0.3 is 10.6 Å². The summed E-state index contributed by atoms with van der Waals surface area (Å²) in [7, 11) is 0. The first kappa shape index (κ1) is 12.4. The van der Waals surface area contributed by atoms with Crippen LogP contribution in [0.1, 0.15) is 23.6 Å². The van der Waals surface area contributed by atoms with Crippen LogP contribution in [0.4, 0.5) is 5.13 Å². The normalized spacial score (nSPS) is 18.7. The monoisotopic (exact) mass is 269 g/mol. The maximum atomic E-state index is 12.2. The fourth-order valence-corrected chi connectivity index (χ4v) is 2.10. The molecular weight excluding hydrogens is 258 g/mol. The zero-order chi connectivity index (χ0) is 13.5. The van der Waals surface area contributed by atoms with Crippen molar-refractivity contribution in [3.05, 3.63) is 5.01 Å². The number of nitrogens with two attached hydrogens (primary N) is 1. The SMILES string of the molecule is CC1(C)C(=O)NC(=O)CN1C(=O)c1nnc(N)s1. The molecule has 1 aromatic heterocycles. The Morgan fingerprint density at radius 1 is 1.44 bits per heavy atom. The minimum atomic E-state index is -1.12. The molecule has 1 saturated heterocycles. The maximum absolute atomic E-state index is 12.2. The van der Waals surface area contributed by atoms with E-state index in [-0.39, 0.29) is 16.7 Å². The minimum Gasteiger partial charge on any atom is -0.374 e. The minimum absolute atomic E-state index is 0.0584. The smallest absolute Gasteiger partial charge is 0.286 e. The van der Waals surface area contributed by atoms with Crippen LogP contribution in [0.5, 0.6) is 0 Å². The van der Waals surface area contributed by atoms with Gasteiger partial charge in [-0.1, -0.05) is 11.3 Å². The quantitative estimate of drug-likeness (QED) is 0.631. The standard InChI is InChI=1S/C9H11N5O3S/c1-9(2)7(17)11-4(15)3-14(9)6(16)5-12-13-8(10)18-5/h3H2,1-2H3,(H2,10,13)(H,11,15,17). The highest BCUT2D eigenvalue weighted by Gasteiger charge is 2.44. The van der Waals surface area contributed by atoms with Crippen LogP contribution in [0.2, 0.25) is 0 Å². The van der Waals surface area contributed by atoms with E-state index in [1.54, 1.807) is 13.8 Å². The topological polar surface area (TPSA) is 118 Å². The maximum Gasteiger partial charge on any atom is 0.286 e. The number of nitrogen functional groups attached to an aromatic ring is 1. The number of hydrogen-bond acceptors (Lipinski definition) is 7. The van der Waals surface area contributed by atoms with E-state index in [4.69, 9.17) is 5.73 Å². The third-order valence-corrected chi connectivity index (χ3v) is 3.39. The lowest BCUT2D eigenvalue weighted by atomic mass is 9.98. The van der Waals surface area contributed by atoms with E-state index in [1.165, 1.54) is 0 Å². The van der Waals surface area contributed by atoms with Crippen molar-refractivity contribution in [1.82, 2.24) is 20.4 Å². The summed E-state index contributed by atoms with van der Waals surface area (Å²) in [6, 6.07) is 0. The van der Waals surface area contributed by atoms with Crippen LogP contribution >= 0.6 is 11.3 Å². The largest absolute Gasteiger partial charge is 0.374 e. The molecule has 2 rings (SSSR count). The van der Waals surface area contributed by atoms with E-state index >= 15 is 0 Å². The molecule has 0 aliphatic carbocycles. The average Bonchev–Trinajstić information content (AvgIpc) is 2.70. The third kappa shape index (κ3) is 1.92. The fourth-order valence-electron chi connectivity index (χ4n) is 1.55. The van der Waals surface area contributed by atoms with Gasteiger partial charge in [-0.2, -0.15) is 0 Å². The number of imide groups is 1. The molecule has 2 heterocycles. The number of amides is 3. The summed E-state index contributed by atoms with van der Waals surface area (Å²) in [6.07, 6.45) is 0. The number of nitrogens with zero attached hydrogens (tertiary/aromatic N) is 3. The van der Waals surface area contributed by atoms with Crippen molar-refractivity contribution in [2.75, 3.05) is 12.3 Å². The molecule has 18 heavy (non-hydrogen) atoms. The van der Waals surface area contributed by atoms with Crippen molar-refractivity contribution < 1.29 is 14.4 Å². The van der Waals surface area contributed by atoms with Crippen LogP contribution in [-0.4, -0.2) is 44.9 Å². The summed E-state index contributed by atoms with van der Waals surface area (Å²) in [4.78, 5) is 36.4. The number of hydrogen-bond donors (Lipinski definition) is 2. The van der Waals surface area contributed by atoms with Gasteiger partial charge in [-0.3, -0.25) is 19.7 Å². The first-order valence-corrected chi connectivity index (χ1v) is 5.89. The second-order valence-corrected chi connectivity index (χ2v) is 5.28. The molecule has 96 valence electrons. The molecule has 0 spiro atoms. The Morgan fingerprint density at radius 3 is 2.67 bits per heavy atom. The van der Waals surface area contributed by atoms with Crippen LogP contribution in [0.3, 0.4) is 0 Å². The van der Waals surface area contributed by atoms with Gasteiger partial charge in [0.1, 0.15) is 12.1 Å². The average molecular weight is 269 g/mol. The van der Waals surface area contributed by atoms with Gasteiger partial charge in [0.25, 0.3) is 11.8 Å². The van der Waals surface area contributed by atoms with Gasteiger partial charge in [-0.15, -0.1) is 10.2 Å². The predicted octanol–water partition coefficient (Wildman–Crippen LogP) is -1.00. The fraction of sp³-hybridized carbons (Fsp3) is 0.444. The number of anilines is 1. The summed E-state index contributed by atoms with van der Waals surface area (Å²) in [6.45, 7) is 2.91. The number of piperazine rings is 1. The van der Waals surface area contributed by atoms with E-state index in [9.17, 15) is 14.4 Å². The van der Waals surface area contributed by atoms with Gasteiger partial charge in [-0.25, -0.2) is 0 Å². The molecule has 3 N–H and O–H groups in total. The molecule has 0 aromatic carbocycles. The summed E-state index contributed by atoms with van der Waals surface area (Å²) < 4.78 is 0. The van der Waals surface area contributed by atoms with E-state index in [1.807, 2.05) is 0 Å². The molecule has 8 nitrogen and oxygen atoms in total. The van der Waals surface area contributed by atoms with Gasteiger partial charge >= 0.3 is 0 Å². The highest BCUT2D eigenvalue weighted by molar-refractivity contribution is 7.16. The highest BCUT2D eigenvalue weighted by Crippen LogP contribution is 2.22. The predicted molar refractivity (Wildman–Crippen MR) is 62.6 cm³/mol. The van der Waals surface area contributed by atoms with Crippen molar-refractivity contribution in [3.63, 3.8) is 0 Å². The first-order chi connectivity index (χ1) is 8.32. The number of carbonyl (C=O) groups is 3. The van der Waals surface area contributed by atoms with Crippen LogP contribution < -0.4 is 11.1 Å². The number of nitrogens with one attached hydrogen (secondary N) is 1. The summed E-state index contributed by atoms with van der Waals surface area (Å²) in [5.74, 6) is -1.58. The number of carbonyl (C=O) groups excluding carboxylic acids is 3. The van der Waals surface area contributed by atoms with Crippen molar-refractivity contribution >= 4 is 34.2 Å². The van der Waals surface area contributed by atoms with E-state index in [2.05, 4.69) is 15.5 Å². The molecule has 9 heteroatoms. The molecule has 0 atom stereocenters. The summed E-state index contributed by atoms with van der Waals surface area (Å²) >= 11 is 0.914. The van der Waals surface area contributed by atoms with Gasteiger partial charge in [0.15, 0.2) is 0 Å². The molecule has 3 amide bonds. The molecule has 0 bridgehead atoms. The van der Waals surface area contributed by atoms with Crippen LogP contribution in [0, 0.1) is 0 Å². The molecule has 1 fully saturated rings. The molecule has 1 aliphatic heterocycles. The second-order valence-electron chi connectivity index (χ2n) is 4.27. The van der Waals surface area contributed by atoms with Crippen molar-refractivity contribution in [2.24, 2.45) is 0 Å². The Labute approximate surface area is 106 Å². The zero-order valence-corrected chi connectivity index (χ0v) is 10.6. The van der Waals surface area contributed by atoms with Crippen LogP contribution in [0.15, 0.2) is 0 Å². The van der Waals surface area contributed by atoms with Crippen LogP contribution in [0.25, 0.3) is 0 Å². The lowest BCUT2D eigenvalue weighted by Crippen LogP contribution is -2.65. The Bertz CT molecular complexity index is 538. The van der Waals surface area contributed by atoms with Crippen LogP contribution in [-0.2, 0) is 9.59 Å². The van der Waals surface area contributed by atoms with E-state index in [0.717, 1.165) is 16.2 Å². The molecule has 0 saturated carbocycles. The van der Waals surface area contributed by atoms with E-state index in [0.29, 0.717) is 0 Å². The molecule has 1 aromatic rings. The van der Waals surface area contributed by atoms with Gasteiger partial charge in [0, 0.05) is 0 Å². The van der Waals surface area contributed by atoms with Crippen molar-refractivity contribution in [3.8, 4) is 0 Å². The third-order valence-electron chi connectivity index (χ3n) is 2.65. The Hall–Kier alpha value is -2.03. The zero-order valence-electron chi connectivity index (χ0n) is 9.76. The molecular formula is C9H11N5O3S. The van der Waals surface area contributed by atoms with Gasteiger partial charge in [0.2, 0.25) is 16.0 Å². The summed E-state index contributed by atoms with van der Waals surface area (Å²) in [5, 5.41) is 9.54. The van der Waals surface area contributed by atoms with E-state index < -0.39 is 23.3 Å². The lowest BCUT2D eigenvalue weighted by molar-refractivity contribution is -0.143. The Balaban J connectivity index is 2.33. The Morgan fingerprint density at radius 2 is 2.11 bits per heavy atom.